The summed E-state index contributed by atoms with van der Waals surface area (Å²) >= 11 is 0. The van der Waals surface area contributed by atoms with Crippen molar-refractivity contribution in [2.75, 3.05) is 0 Å². The highest BCUT2D eigenvalue weighted by Gasteiger charge is 2.20. The predicted octanol–water partition coefficient (Wildman–Crippen LogP) is 3.62. The summed E-state index contributed by atoms with van der Waals surface area (Å²) in [6.07, 6.45) is 2.42. The van der Waals surface area contributed by atoms with Crippen molar-refractivity contribution >= 4 is 28.0 Å². The van der Waals surface area contributed by atoms with Gasteiger partial charge in [-0.1, -0.05) is 31.9 Å². The van der Waals surface area contributed by atoms with Crippen LogP contribution in [0.5, 0.6) is 0 Å². The van der Waals surface area contributed by atoms with Crippen LogP contribution in [-0.2, 0) is 24.4 Å². The Morgan fingerprint density at radius 1 is 1.03 bits per heavy atom. The number of aryl methyl sites for hydroxylation is 4. The van der Waals surface area contributed by atoms with E-state index in [0.717, 1.165) is 35.7 Å². The zero-order valence-corrected chi connectivity index (χ0v) is 20.0. The average Bonchev–Trinajstić information content (AvgIpc) is 3.16. The quantitative estimate of drug-likeness (QED) is 0.400. The van der Waals surface area contributed by atoms with E-state index in [4.69, 9.17) is 4.74 Å². The van der Waals surface area contributed by atoms with Crippen molar-refractivity contribution in [2.45, 2.75) is 66.7 Å². The van der Waals surface area contributed by atoms with E-state index in [2.05, 4.69) is 15.0 Å². The number of H-pyrrole nitrogens is 1. The maximum Gasteiger partial charge on any atom is 0.339 e. The summed E-state index contributed by atoms with van der Waals surface area (Å²) in [6.45, 7) is 8.64. The summed E-state index contributed by atoms with van der Waals surface area (Å²) in [6, 6.07) is 7.46. The third kappa shape index (κ3) is 4.37. The molecule has 0 spiro atoms. The molecular weight excluding hydrogens is 434 g/mol. The molecular formula is C25H29N5O4. The molecule has 0 saturated carbocycles. The van der Waals surface area contributed by atoms with Gasteiger partial charge in [0.25, 0.3) is 5.56 Å². The number of nitrogens with one attached hydrogen (secondary N) is 1. The number of carbonyl (C=O) groups excluding carboxylic acids is 1. The molecule has 9 nitrogen and oxygen atoms in total. The zero-order chi connectivity index (χ0) is 24.4. The van der Waals surface area contributed by atoms with E-state index < -0.39 is 17.2 Å². The summed E-state index contributed by atoms with van der Waals surface area (Å²) in [7, 11) is 0. The van der Waals surface area contributed by atoms with Gasteiger partial charge >= 0.3 is 11.7 Å². The number of hydrogen-bond donors (Lipinski definition) is 1. The smallest absolute Gasteiger partial charge is 0.339 e. The molecule has 178 valence electrons. The Morgan fingerprint density at radius 2 is 1.82 bits per heavy atom. The minimum Gasteiger partial charge on any atom is -0.454 e. The van der Waals surface area contributed by atoms with Crippen LogP contribution in [0.15, 0.2) is 33.9 Å². The van der Waals surface area contributed by atoms with Crippen LogP contribution in [0.3, 0.4) is 0 Å². The van der Waals surface area contributed by atoms with Crippen molar-refractivity contribution in [2.24, 2.45) is 0 Å². The van der Waals surface area contributed by atoms with Crippen LogP contribution in [0.25, 0.3) is 22.1 Å². The Morgan fingerprint density at radius 3 is 2.56 bits per heavy atom. The second kappa shape index (κ2) is 9.62. The van der Waals surface area contributed by atoms with E-state index in [1.165, 1.54) is 4.57 Å². The van der Waals surface area contributed by atoms with Gasteiger partial charge in [0, 0.05) is 24.2 Å². The standard InChI is InChI=1S/C25H29N5O4/c1-5-7-11-30-22-21(23(31)28-25(30)33)29(10-6-2)20(27-22)14-34-24(32)18-13-16(4)26-19-9-8-15(3)12-17(18)19/h8-9,12-13H,5-7,10-11,14H2,1-4H3,(H,28,31,33). The first kappa shape index (κ1) is 23.4. The number of aromatic nitrogens is 5. The molecule has 1 aromatic carbocycles. The lowest BCUT2D eigenvalue weighted by Crippen LogP contribution is -2.31. The lowest BCUT2D eigenvalue weighted by molar-refractivity contribution is 0.0460. The van der Waals surface area contributed by atoms with Crippen molar-refractivity contribution < 1.29 is 9.53 Å². The van der Waals surface area contributed by atoms with Crippen LogP contribution in [0.1, 0.15) is 60.5 Å². The van der Waals surface area contributed by atoms with Gasteiger partial charge in [0.1, 0.15) is 12.4 Å². The highest BCUT2D eigenvalue weighted by atomic mass is 16.5. The highest BCUT2D eigenvalue weighted by Crippen LogP contribution is 2.22. The van der Waals surface area contributed by atoms with Crippen LogP contribution in [-0.4, -0.2) is 30.1 Å². The highest BCUT2D eigenvalue weighted by molar-refractivity contribution is 6.03. The molecule has 1 N–H and O–H groups in total. The Balaban J connectivity index is 1.73. The Hall–Kier alpha value is -3.75. The molecule has 4 rings (SSSR count). The van der Waals surface area contributed by atoms with Crippen LogP contribution in [0, 0.1) is 13.8 Å². The third-order valence-electron chi connectivity index (χ3n) is 5.79. The number of esters is 1. The normalized spacial score (nSPS) is 11.4. The van der Waals surface area contributed by atoms with E-state index in [-0.39, 0.29) is 6.61 Å². The van der Waals surface area contributed by atoms with Crippen molar-refractivity contribution in [1.29, 1.82) is 0 Å². The Kier molecular flexibility index (Phi) is 6.63. The largest absolute Gasteiger partial charge is 0.454 e. The van der Waals surface area contributed by atoms with E-state index in [9.17, 15) is 14.4 Å². The molecule has 0 aliphatic carbocycles. The van der Waals surface area contributed by atoms with Gasteiger partial charge in [-0.15, -0.1) is 0 Å². The number of nitrogens with zero attached hydrogens (tertiary/aromatic N) is 4. The monoisotopic (exact) mass is 463 g/mol. The summed E-state index contributed by atoms with van der Waals surface area (Å²) in [5.41, 5.74) is 2.56. The van der Waals surface area contributed by atoms with Gasteiger partial charge in [-0.2, -0.15) is 0 Å². The van der Waals surface area contributed by atoms with Crippen LogP contribution < -0.4 is 11.2 Å². The first-order valence-corrected chi connectivity index (χ1v) is 11.6. The summed E-state index contributed by atoms with van der Waals surface area (Å²) < 4.78 is 8.90. The molecule has 0 saturated heterocycles. The minimum atomic E-state index is -0.492. The third-order valence-corrected chi connectivity index (χ3v) is 5.79. The molecule has 0 bridgehead atoms. The number of imidazole rings is 1. The molecule has 0 aliphatic heterocycles. The Labute approximate surface area is 196 Å². The van der Waals surface area contributed by atoms with Gasteiger partial charge in [-0.25, -0.2) is 14.6 Å². The number of benzene rings is 1. The fourth-order valence-electron chi connectivity index (χ4n) is 4.16. The van der Waals surface area contributed by atoms with Gasteiger partial charge < -0.3 is 9.30 Å². The molecule has 0 aliphatic rings. The summed E-state index contributed by atoms with van der Waals surface area (Å²) in [5.74, 6) is -0.0636. The number of aromatic amines is 1. The molecule has 3 heterocycles. The summed E-state index contributed by atoms with van der Waals surface area (Å²) in [4.78, 5) is 49.7. The van der Waals surface area contributed by atoms with Crippen molar-refractivity contribution in [3.8, 4) is 0 Å². The fraction of sp³-hybridized carbons (Fsp3) is 0.400. The topological polar surface area (TPSA) is 112 Å². The SMILES string of the molecule is CCCCn1c(=O)[nH]c(=O)c2c1nc(COC(=O)c1cc(C)nc3ccc(C)cc13)n2CCC. The fourth-order valence-corrected chi connectivity index (χ4v) is 4.16. The second-order valence-corrected chi connectivity index (χ2v) is 8.52. The van der Waals surface area contributed by atoms with Gasteiger partial charge in [0.05, 0.1) is 11.1 Å². The van der Waals surface area contributed by atoms with E-state index in [0.29, 0.717) is 41.3 Å². The van der Waals surface area contributed by atoms with E-state index in [1.54, 1.807) is 10.6 Å². The van der Waals surface area contributed by atoms with Gasteiger partial charge in [-0.05, 0) is 44.9 Å². The maximum absolute atomic E-state index is 13.1. The van der Waals surface area contributed by atoms with Crippen molar-refractivity contribution in [1.82, 2.24) is 24.1 Å². The second-order valence-electron chi connectivity index (χ2n) is 8.52. The van der Waals surface area contributed by atoms with Gasteiger partial charge in [0.2, 0.25) is 0 Å². The molecule has 0 amide bonds. The van der Waals surface area contributed by atoms with Crippen LogP contribution >= 0.6 is 0 Å². The number of carbonyl (C=O) groups is 1. The maximum atomic E-state index is 13.1. The number of ether oxygens (including phenoxy) is 1. The van der Waals surface area contributed by atoms with E-state index in [1.807, 2.05) is 45.9 Å². The minimum absolute atomic E-state index is 0.121. The Bertz CT molecular complexity index is 1500. The average molecular weight is 464 g/mol. The first-order chi connectivity index (χ1) is 16.3. The van der Waals surface area contributed by atoms with Crippen molar-refractivity contribution in [3.05, 3.63) is 67.7 Å². The molecule has 9 heteroatoms. The number of pyridine rings is 1. The number of rotatable bonds is 8. The lowest BCUT2D eigenvalue weighted by atomic mass is 10.1. The first-order valence-electron chi connectivity index (χ1n) is 11.6. The zero-order valence-electron chi connectivity index (χ0n) is 20.0. The number of fused-ring (bicyclic) bond motifs is 2. The number of hydrogen-bond acceptors (Lipinski definition) is 6. The predicted molar refractivity (Wildman–Crippen MR) is 130 cm³/mol. The van der Waals surface area contributed by atoms with Gasteiger partial charge in [-0.3, -0.25) is 19.3 Å². The number of unbranched alkanes of at least 4 members (excludes halogenated alkanes) is 1. The van der Waals surface area contributed by atoms with Crippen molar-refractivity contribution in [3.63, 3.8) is 0 Å². The molecule has 0 unspecified atom stereocenters. The summed E-state index contributed by atoms with van der Waals surface area (Å²) in [5, 5.41) is 0.725. The molecule has 0 radical (unpaired) electrons. The molecule has 4 aromatic rings. The van der Waals surface area contributed by atoms with Crippen LogP contribution in [0.4, 0.5) is 0 Å². The van der Waals surface area contributed by atoms with Gasteiger partial charge in [0.15, 0.2) is 11.2 Å². The molecule has 0 atom stereocenters. The van der Waals surface area contributed by atoms with E-state index >= 15 is 0 Å². The lowest BCUT2D eigenvalue weighted by Gasteiger charge is -2.10. The molecule has 3 aromatic heterocycles. The van der Waals surface area contributed by atoms with Crippen LogP contribution in [0.2, 0.25) is 0 Å². The molecule has 34 heavy (non-hydrogen) atoms. The molecule has 0 fully saturated rings.